The van der Waals surface area contributed by atoms with Gasteiger partial charge in [0.1, 0.15) is 18.9 Å². The predicted molar refractivity (Wildman–Crippen MR) is 105 cm³/mol. The smallest absolute Gasteiger partial charge is 0.270 e. The molecular weight excluding hydrogens is 372 g/mol. The van der Waals surface area contributed by atoms with Gasteiger partial charge in [0.25, 0.3) is 11.8 Å². The summed E-state index contributed by atoms with van der Waals surface area (Å²) in [5.41, 5.74) is 1.76. The van der Waals surface area contributed by atoms with Crippen LogP contribution in [0.1, 0.15) is 26.5 Å². The first-order valence-corrected chi connectivity index (χ1v) is 9.04. The summed E-state index contributed by atoms with van der Waals surface area (Å²) in [6, 6.07) is 13.6. The first kappa shape index (κ1) is 18.4. The zero-order valence-electron chi connectivity index (χ0n) is 15.4. The summed E-state index contributed by atoms with van der Waals surface area (Å²) in [7, 11) is 0. The van der Waals surface area contributed by atoms with Gasteiger partial charge in [0.15, 0.2) is 11.5 Å². The van der Waals surface area contributed by atoms with Crippen LogP contribution in [0.4, 0.5) is 5.69 Å². The molecule has 1 aliphatic heterocycles. The third kappa shape index (κ3) is 4.49. The minimum atomic E-state index is -0.385. The van der Waals surface area contributed by atoms with Crippen LogP contribution in [-0.2, 0) is 6.54 Å². The van der Waals surface area contributed by atoms with E-state index in [4.69, 9.17) is 9.47 Å². The minimum absolute atomic E-state index is 0.149. The molecule has 8 nitrogen and oxygen atoms in total. The van der Waals surface area contributed by atoms with Crippen LogP contribution in [0.15, 0.2) is 60.9 Å². The number of benzene rings is 1. The van der Waals surface area contributed by atoms with Gasteiger partial charge in [0.2, 0.25) is 0 Å². The van der Waals surface area contributed by atoms with Crippen molar-refractivity contribution >= 4 is 17.5 Å². The molecule has 2 N–H and O–H groups in total. The second kappa shape index (κ2) is 8.39. The molecule has 3 heterocycles. The molecule has 146 valence electrons. The van der Waals surface area contributed by atoms with Gasteiger partial charge in [-0.25, -0.2) is 0 Å². The number of anilines is 1. The molecule has 0 atom stereocenters. The van der Waals surface area contributed by atoms with Gasteiger partial charge in [0.05, 0.1) is 12.2 Å². The molecule has 0 fully saturated rings. The van der Waals surface area contributed by atoms with Gasteiger partial charge in [0, 0.05) is 29.7 Å². The molecule has 0 saturated carbocycles. The number of hydrogen-bond acceptors (Lipinski definition) is 6. The van der Waals surface area contributed by atoms with E-state index in [-0.39, 0.29) is 24.1 Å². The van der Waals surface area contributed by atoms with Crippen molar-refractivity contribution in [3.8, 4) is 11.5 Å². The molecule has 2 amide bonds. The van der Waals surface area contributed by atoms with Crippen molar-refractivity contribution in [1.82, 2.24) is 15.3 Å². The van der Waals surface area contributed by atoms with Crippen molar-refractivity contribution in [2.75, 3.05) is 18.5 Å². The van der Waals surface area contributed by atoms with Crippen molar-refractivity contribution in [3.05, 3.63) is 77.9 Å². The van der Waals surface area contributed by atoms with Gasteiger partial charge in [-0.05, 0) is 36.4 Å². The molecule has 2 aromatic heterocycles. The fraction of sp³-hybridized carbons (Fsp3) is 0.143. The minimum Gasteiger partial charge on any atom is -0.486 e. The molecule has 0 saturated heterocycles. The number of aromatic nitrogens is 2. The quantitative estimate of drug-likeness (QED) is 0.694. The number of ether oxygens (including phenoxy) is 2. The summed E-state index contributed by atoms with van der Waals surface area (Å²) >= 11 is 0. The normalized spacial score (nSPS) is 12.1. The Morgan fingerprint density at radius 2 is 1.76 bits per heavy atom. The fourth-order valence-corrected chi connectivity index (χ4v) is 2.78. The van der Waals surface area contributed by atoms with Crippen molar-refractivity contribution in [3.63, 3.8) is 0 Å². The van der Waals surface area contributed by atoms with Crippen LogP contribution in [0.3, 0.4) is 0 Å². The third-order valence-electron chi connectivity index (χ3n) is 4.21. The van der Waals surface area contributed by atoms with Crippen molar-refractivity contribution in [2.45, 2.75) is 6.54 Å². The molecule has 3 aromatic rings. The van der Waals surface area contributed by atoms with E-state index >= 15 is 0 Å². The Hall–Kier alpha value is -3.94. The summed E-state index contributed by atoms with van der Waals surface area (Å²) in [4.78, 5) is 33.1. The molecule has 0 spiro atoms. The Balaban J connectivity index is 1.42. The van der Waals surface area contributed by atoms with E-state index in [1.165, 1.54) is 12.3 Å². The SMILES string of the molecule is O=C(Nc1ccc2c(c1)OCCO2)c1ccnc(C(=O)NCc2ccccn2)c1. The summed E-state index contributed by atoms with van der Waals surface area (Å²) in [5.74, 6) is 0.482. The second-order valence-corrected chi connectivity index (χ2v) is 6.25. The highest BCUT2D eigenvalue weighted by Crippen LogP contribution is 2.32. The summed E-state index contributed by atoms with van der Waals surface area (Å²) < 4.78 is 11.0. The Morgan fingerprint density at radius 3 is 2.59 bits per heavy atom. The summed E-state index contributed by atoms with van der Waals surface area (Å²) in [5, 5.41) is 5.53. The maximum absolute atomic E-state index is 12.6. The molecule has 4 rings (SSSR count). The number of hydrogen-bond donors (Lipinski definition) is 2. The number of carbonyl (C=O) groups excluding carboxylic acids is 2. The van der Waals surface area contributed by atoms with Gasteiger partial charge < -0.3 is 20.1 Å². The Morgan fingerprint density at radius 1 is 0.897 bits per heavy atom. The zero-order valence-corrected chi connectivity index (χ0v) is 15.4. The molecular formula is C21H18N4O4. The van der Waals surface area contributed by atoms with E-state index in [0.29, 0.717) is 36.0 Å². The van der Waals surface area contributed by atoms with Crippen LogP contribution >= 0.6 is 0 Å². The average Bonchev–Trinajstić information content (AvgIpc) is 2.78. The van der Waals surface area contributed by atoms with E-state index in [9.17, 15) is 9.59 Å². The van der Waals surface area contributed by atoms with E-state index in [0.717, 1.165) is 5.69 Å². The number of fused-ring (bicyclic) bond motifs is 1. The highest BCUT2D eigenvalue weighted by atomic mass is 16.6. The van der Waals surface area contributed by atoms with Crippen LogP contribution in [-0.4, -0.2) is 35.0 Å². The third-order valence-corrected chi connectivity index (χ3v) is 4.21. The van der Waals surface area contributed by atoms with Gasteiger partial charge in [-0.1, -0.05) is 6.07 Å². The fourth-order valence-electron chi connectivity index (χ4n) is 2.78. The molecule has 29 heavy (non-hydrogen) atoms. The largest absolute Gasteiger partial charge is 0.486 e. The molecule has 1 aromatic carbocycles. The first-order chi connectivity index (χ1) is 14.2. The maximum Gasteiger partial charge on any atom is 0.270 e. The predicted octanol–water partition coefficient (Wildman–Crippen LogP) is 2.43. The van der Waals surface area contributed by atoms with Crippen LogP contribution in [0.25, 0.3) is 0 Å². The lowest BCUT2D eigenvalue weighted by Gasteiger charge is -2.19. The van der Waals surface area contributed by atoms with E-state index < -0.39 is 0 Å². The van der Waals surface area contributed by atoms with Gasteiger partial charge in [-0.3, -0.25) is 19.6 Å². The molecule has 0 unspecified atom stereocenters. The van der Waals surface area contributed by atoms with E-state index in [2.05, 4.69) is 20.6 Å². The van der Waals surface area contributed by atoms with Crippen LogP contribution in [0, 0.1) is 0 Å². The van der Waals surface area contributed by atoms with Crippen LogP contribution < -0.4 is 20.1 Å². The molecule has 0 aliphatic carbocycles. The Labute approximate surface area is 166 Å². The lowest BCUT2D eigenvalue weighted by molar-refractivity contribution is 0.0945. The van der Waals surface area contributed by atoms with Crippen molar-refractivity contribution in [1.29, 1.82) is 0 Å². The molecule has 0 radical (unpaired) electrons. The Bertz CT molecular complexity index is 1040. The number of nitrogens with one attached hydrogen (secondary N) is 2. The standard InChI is InChI=1S/C21H18N4O4/c26-20(25-15-4-5-18-19(12-15)29-10-9-28-18)14-6-8-23-17(11-14)21(27)24-13-16-3-1-2-7-22-16/h1-8,11-12H,9-10,13H2,(H,24,27)(H,25,26). The molecule has 8 heteroatoms. The number of rotatable bonds is 5. The summed E-state index contributed by atoms with van der Waals surface area (Å²) in [6.45, 7) is 1.24. The molecule has 0 bridgehead atoms. The number of amides is 2. The van der Waals surface area contributed by atoms with Crippen molar-refractivity contribution < 1.29 is 19.1 Å². The number of pyridine rings is 2. The monoisotopic (exact) mass is 390 g/mol. The topological polar surface area (TPSA) is 102 Å². The highest BCUT2D eigenvalue weighted by Gasteiger charge is 2.15. The lowest BCUT2D eigenvalue weighted by Crippen LogP contribution is -2.25. The van der Waals surface area contributed by atoms with Crippen LogP contribution in [0.2, 0.25) is 0 Å². The average molecular weight is 390 g/mol. The summed E-state index contributed by atoms with van der Waals surface area (Å²) in [6.07, 6.45) is 3.08. The van der Waals surface area contributed by atoms with Crippen molar-refractivity contribution in [2.24, 2.45) is 0 Å². The Kier molecular flexibility index (Phi) is 5.33. The van der Waals surface area contributed by atoms with Crippen LogP contribution in [0.5, 0.6) is 11.5 Å². The van der Waals surface area contributed by atoms with Gasteiger partial charge >= 0.3 is 0 Å². The number of nitrogens with zero attached hydrogens (tertiary/aromatic N) is 2. The first-order valence-electron chi connectivity index (χ1n) is 9.04. The highest BCUT2D eigenvalue weighted by molar-refractivity contribution is 6.05. The number of carbonyl (C=O) groups is 2. The second-order valence-electron chi connectivity index (χ2n) is 6.25. The maximum atomic E-state index is 12.6. The lowest BCUT2D eigenvalue weighted by atomic mass is 10.2. The van der Waals surface area contributed by atoms with E-state index in [1.54, 1.807) is 36.5 Å². The van der Waals surface area contributed by atoms with Gasteiger partial charge in [-0.2, -0.15) is 0 Å². The molecule has 1 aliphatic rings. The zero-order chi connectivity index (χ0) is 20.1. The van der Waals surface area contributed by atoms with Gasteiger partial charge in [-0.15, -0.1) is 0 Å². The van der Waals surface area contributed by atoms with E-state index in [1.807, 2.05) is 12.1 Å².